The van der Waals surface area contributed by atoms with Crippen molar-refractivity contribution in [3.05, 3.63) is 33.8 Å². The zero-order valence-corrected chi connectivity index (χ0v) is 10.0. The van der Waals surface area contributed by atoms with E-state index in [-0.39, 0.29) is 17.0 Å². The molecule has 0 aromatic heterocycles. The van der Waals surface area contributed by atoms with Gasteiger partial charge in [-0.1, -0.05) is 30.1 Å². The van der Waals surface area contributed by atoms with Crippen LogP contribution in [0.15, 0.2) is 18.2 Å². The lowest BCUT2D eigenvalue weighted by molar-refractivity contribution is -0.140. The van der Waals surface area contributed by atoms with E-state index in [0.717, 1.165) is 0 Å². The van der Waals surface area contributed by atoms with Gasteiger partial charge >= 0.3 is 5.97 Å². The average molecular weight is 261 g/mol. The molecule has 0 saturated heterocycles. The van der Waals surface area contributed by atoms with Crippen molar-refractivity contribution in [2.45, 2.75) is 13.3 Å². The molecule has 1 aromatic rings. The van der Waals surface area contributed by atoms with Crippen LogP contribution in [-0.4, -0.2) is 16.9 Å². The summed E-state index contributed by atoms with van der Waals surface area (Å²) in [5.41, 5.74) is 0.267. The largest absolute Gasteiger partial charge is 0.481 e. The molecular weight excluding hydrogens is 251 g/mol. The molecular formula is C11H10Cl2O3. The Balaban J connectivity index is 3.04. The van der Waals surface area contributed by atoms with Crippen molar-refractivity contribution >= 4 is 35.0 Å². The molecule has 1 N–H and O–H groups in total. The van der Waals surface area contributed by atoms with Gasteiger partial charge in [-0.2, -0.15) is 0 Å². The number of hydrogen-bond acceptors (Lipinski definition) is 2. The van der Waals surface area contributed by atoms with Crippen molar-refractivity contribution < 1.29 is 14.7 Å². The lowest BCUT2D eigenvalue weighted by atomic mass is 9.95. The van der Waals surface area contributed by atoms with Crippen LogP contribution in [0, 0.1) is 5.92 Å². The Bertz CT molecular complexity index is 429. The standard InChI is InChI=1S/C11H10Cl2O3/c1-2-7(11(15)16)10(14)6-3-4-8(12)9(13)5-6/h3-5,7H,2H2,1H3,(H,15,16). The Morgan fingerprint density at radius 1 is 1.31 bits per heavy atom. The van der Waals surface area contributed by atoms with Gasteiger partial charge in [-0.05, 0) is 24.6 Å². The van der Waals surface area contributed by atoms with Crippen LogP contribution in [0.5, 0.6) is 0 Å². The van der Waals surface area contributed by atoms with E-state index in [0.29, 0.717) is 5.02 Å². The zero-order valence-electron chi connectivity index (χ0n) is 8.54. The second kappa shape index (κ2) is 5.32. The third-order valence-corrected chi connectivity index (χ3v) is 2.97. The number of hydrogen-bond donors (Lipinski definition) is 1. The highest BCUT2D eigenvalue weighted by Crippen LogP contribution is 2.24. The van der Waals surface area contributed by atoms with E-state index in [1.54, 1.807) is 6.92 Å². The van der Waals surface area contributed by atoms with Gasteiger partial charge in [0.1, 0.15) is 5.92 Å². The van der Waals surface area contributed by atoms with Gasteiger partial charge in [-0.3, -0.25) is 9.59 Å². The Labute approximate surface area is 103 Å². The minimum Gasteiger partial charge on any atom is -0.481 e. The Hall–Kier alpha value is -1.06. The van der Waals surface area contributed by atoms with Gasteiger partial charge in [0.2, 0.25) is 0 Å². The first-order chi connectivity index (χ1) is 7.47. The Morgan fingerprint density at radius 2 is 1.94 bits per heavy atom. The third-order valence-electron chi connectivity index (χ3n) is 2.23. The molecule has 0 aliphatic heterocycles. The maximum absolute atomic E-state index is 11.8. The third kappa shape index (κ3) is 2.74. The number of ketones is 1. The topological polar surface area (TPSA) is 54.4 Å². The van der Waals surface area contributed by atoms with Gasteiger partial charge in [-0.15, -0.1) is 0 Å². The molecule has 3 nitrogen and oxygen atoms in total. The van der Waals surface area contributed by atoms with E-state index >= 15 is 0 Å². The van der Waals surface area contributed by atoms with Crippen LogP contribution in [0.2, 0.25) is 10.0 Å². The minimum atomic E-state index is -1.13. The summed E-state index contributed by atoms with van der Waals surface area (Å²) >= 11 is 11.5. The summed E-state index contributed by atoms with van der Waals surface area (Å²) in [6, 6.07) is 4.34. The van der Waals surface area contributed by atoms with Crippen LogP contribution < -0.4 is 0 Å². The molecule has 16 heavy (non-hydrogen) atoms. The Kier molecular flexibility index (Phi) is 4.33. The van der Waals surface area contributed by atoms with E-state index in [2.05, 4.69) is 0 Å². The van der Waals surface area contributed by atoms with E-state index < -0.39 is 17.7 Å². The van der Waals surface area contributed by atoms with Crippen molar-refractivity contribution in [3.8, 4) is 0 Å². The van der Waals surface area contributed by atoms with E-state index in [1.165, 1.54) is 18.2 Å². The van der Waals surface area contributed by atoms with Crippen LogP contribution in [-0.2, 0) is 4.79 Å². The van der Waals surface area contributed by atoms with E-state index in [1.807, 2.05) is 0 Å². The van der Waals surface area contributed by atoms with Crippen molar-refractivity contribution in [1.82, 2.24) is 0 Å². The molecule has 0 radical (unpaired) electrons. The van der Waals surface area contributed by atoms with Crippen molar-refractivity contribution in [2.24, 2.45) is 5.92 Å². The summed E-state index contributed by atoms with van der Waals surface area (Å²) in [6.45, 7) is 1.65. The maximum Gasteiger partial charge on any atom is 0.314 e. The van der Waals surface area contributed by atoms with Crippen LogP contribution in [0.1, 0.15) is 23.7 Å². The summed E-state index contributed by atoms with van der Waals surface area (Å²) in [6.07, 6.45) is 0.244. The first kappa shape index (κ1) is 13.0. The smallest absolute Gasteiger partial charge is 0.314 e. The van der Waals surface area contributed by atoms with Crippen molar-refractivity contribution in [2.75, 3.05) is 0 Å². The number of carboxylic acids is 1. The van der Waals surface area contributed by atoms with Gasteiger partial charge in [0.05, 0.1) is 10.0 Å². The lowest BCUT2D eigenvalue weighted by Gasteiger charge is -2.09. The minimum absolute atomic E-state index is 0.243. The van der Waals surface area contributed by atoms with Gasteiger partial charge in [-0.25, -0.2) is 0 Å². The molecule has 0 heterocycles. The number of aliphatic carboxylic acids is 1. The monoisotopic (exact) mass is 260 g/mol. The number of rotatable bonds is 4. The number of carboxylic acid groups (broad SMARTS) is 1. The molecule has 5 heteroatoms. The average Bonchev–Trinajstić information content (AvgIpc) is 2.22. The molecule has 1 atom stereocenters. The molecule has 0 amide bonds. The number of Topliss-reactive ketones (excluding diaryl/α,β-unsaturated/α-hetero) is 1. The molecule has 1 aromatic carbocycles. The normalized spacial score (nSPS) is 12.2. The fraction of sp³-hybridized carbons (Fsp3) is 0.273. The van der Waals surface area contributed by atoms with Gasteiger partial charge in [0, 0.05) is 5.56 Å². The van der Waals surface area contributed by atoms with Gasteiger partial charge in [0.15, 0.2) is 5.78 Å². The molecule has 0 aliphatic carbocycles. The Morgan fingerprint density at radius 3 is 2.38 bits per heavy atom. The van der Waals surface area contributed by atoms with Crippen LogP contribution >= 0.6 is 23.2 Å². The summed E-state index contributed by atoms with van der Waals surface area (Å²) in [5.74, 6) is -2.61. The van der Waals surface area contributed by atoms with Crippen LogP contribution in [0.3, 0.4) is 0 Å². The molecule has 0 fully saturated rings. The highest BCUT2D eigenvalue weighted by molar-refractivity contribution is 6.42. The van der Waals surface area contributed by atoms with Crippen LogP contribution in [0.25, 0.3) is 0 Å². The van der Waals surface area contributed by atoms with Crippen molar-refractivity contribution in [3.63, 3.8) is 0 Å². The SMILES string of the molecule is CCC(C(=O)O)C(=O)c1ccc(Cl)c(Cl)c1. The first-order valence-corrected chi connectivity index (χ1v) is 5.45. The highest BCUT2D eigenvalue weighted by atomic mass is 35.5. The summed E-state index contributed by atoms with van der Waals surface area (Å²) in [4.78, 5) is 22.6. The van der Waals surface area contributed by atoms with E-state index in [9.17, 15) is 9.59 Å². The number of halogens is 2. The molecule has 0 spiro atoms. The molecule has 0 aliphatic rings. The molecule has 0 saturated carbocycles. The number of benzene rings is 1. The maximum atomic E-state index is 11.8. The van der Waals surface area contributed by atoms with Crippen molar-refractivity contribution in [1.29, 1.82) is 0 Å². The van der Waals surface area contributed by atoms with E-state index in [4.69, 9.17) is 28.3 Å². The fourth-order valence-electron chi connectivity index (χ4n) is 1.32. The molecule has 1 rings (SSSR count). The summed E-state index contributed by atoms with van der Waals surface area (Å²) in [7, 11) is 0. The second-order valence-electron chi connectivity index (χ2n) is 3.29. The molecule has 1 unspecified atom stereocenters. The second-order valence-corrected chi connectivity index (χ2v) is 4.11. The number of carbonyl (C=O) groups is 2. The zero-order chi connectivity index (χ0) is 12.3. The van der Waals surface area contributed by atoms with Crippen LogP contribution in [0.4, 0.5) is 0 Å². The van der Waals surface area contributed by atoms with Gasteiger partial charge in [0.25, 0.3) is 0 Å². The number of carbonyl (C=O) groups excluding carboxylic acids is 1. The van der Waals surface area contributed by atoms with Gasteiger partial charge < -0.3 is 5.11 Å². The molecule has 86 valence electrons. The lowest BCUT2D eigenvalue weighted by Crippen LogP contribution is -2.23. The summed E-state index contributed by atoms with van der Waals surface area (Å²) in [5, 5.41) is 9.43. The highest BCUT2D eigenvalue weighted by Gasteiger charge is 2.25. The predicted octanol–water partition coefficient (Wildman–Crippen LogP) is 3.29. The molecule has 0 bridgehead atoms. The quantitative estimate of drug-likeness (QED) is 0.668. The summed E-state index contributed by atoms with van der Waals surface area (Å²) < 4.78 is 0. The fourth-order valence-corrected chi connectivity index (χ4v) is 1.62. The predicted molar refractivity (Wildman–Crippen MR) is 62.2 cm³/mol. The first-order valence-electron chi connectivity index (χ1n) is 4.69.